The minimum absolute atomic E-state index is 0.183. The fourth-order valence-electron chi connectivity index (χ4n) is 8.59. The SMILES string of the molecule is CC(=O)OC1=CC2=CC[C@@H]3[C@H]4CC[C@@H]([C@@H](C)CCCC(C)C)[C@]4(C)CC[C@H]3[C@@]2(C)CC1. The van der Waals surface area contributed by atoms with E-state index >= 15 is 0 Å². The summed E-state index contributed by atoms with van der Waals surface area (Å²) in [6.45, 7) is 14.0. The monoisotopic (exact) mass is 426 g/mol. The van der Waals surface area contributed by atoms with E-state index in [2.05, 4.69) is 46.8 Å². The Kier molecular flexibility index (Phi) is 6.50. The van der Waals surface area contributed by atoms with Gasteiger partial charge in [-0.15, -0.1) is 0 Å². The van der Waals surface area contributed by atoms with Gasteiger partial charge in [-0.25, -0.2) is 0 Å². The van der Waals surface area contributed by atoms with Crippen LogP contribution < -0.4 is 0 Å². The van der Waals surface area contributed by atoms with Gasteiger partial charge in [-0.1, -0.05) is 60.0 Å². The minimum Gasteiger partial charge on any atom is -0.431 e. The van der Waals surface area contributed by atoms with Crippen LogP contribution >= 0.6 is 0 Å². The van der Waals surface area contributed by atoms with Gasteiger partial charge in [0.15, 0.2) is 0 Å². The van der Waals surface area contributed by atoms with Crippen LogP contribution in [0.2, 0.25) is 0 Å². The van der Waals surface area contributed by atoms with Crippen molar-refractivity contribution < 1.29 is 9.53 Å². The summed E-state index contributed by atoms with van der Waals surface area (Å²) in [6.07, 6.45) is 17.9. The number of hydrogen-bond donors (Lipinski definition) is 0. The predicted molar refractivity (Wildman–Crippen MR) is 128 cm³/mol. The smallest absolute Gasteiger partial charge is 0.307 e. The van der Waals surface area contributed by atoms with E-state index in [1.807, 2.05) is 0 Å². The van der Waals surface area contributed by atoms with E-state index in [1.165, 1.54) is 63.9 Å². The third-order valence-corrected chi connectivity index (χ3v) is 10.2. The Hall–Kier alpha value is -1.05. The molecule has 2 fully saturated rings. The average Bonchev–Trinajstić information content (AvgIpc) is 3.05. The molecule has 0 bridgehead atoms. The topological polar surface area (TPSA) is 26.3 Å². The van der Waals surface area contributed by atoms with Crippen LogP contribution in [0.1, 0.15) is 106 Å². The average molecular weight is 427 g/mol. The van der Waals surface area contributed by atoms with Crippen LogP contribution in [-0.2, 0) is 9.53 Å². The molecule has 174 valence electrons. The maximum atomic E-state index is 11.4. The van der Waals surface area contributed by atoms with Gasteiger partial charge in [0.25, 0.3) is 0 Å². The quantitative estimate of drug-likeness (QED) is 0.401. The van der Waals surface area contributed by atoms with Gasteiger partial charge in [-0.3, -0.25) is 4.79 Å². The van der Waals surface area contributed by atoms with Gasteiger partial charge >= 0.3 is 5.97 Å². The van der Waals surface area contributed by atoms with E-state index in [0.29, 0.717) is 5.41 Å². The van der Waals surface area contributed by atoms with Crippen molar-refractivity contribution in [3.63, 3.8) is 0 Å². The molecule has 0 radical (unpaired) electrons. The first kappa shape index (κ1) is 23.1. The second-order valence-corrected chi connectivity index (χ2v) is 12.4. The summed E-state index contributed by atoms with van der Waals surface area (Å²) in [6, 6.07) is 0. The van der Waals surface area contributed by atoms with Crippen LogP contribution in [-0.4, -0.2) is 5.97 Å². The molecule has 0 unspecified atom stereocenters. The molecular formula is C29H46O2. The van der Waals surface area contributed by atoms with E-state index < -0.39 is 0 Å². The Morgan fingerprint density at radius 1 is 1.10 bits per heavy atom. The summed E-state index contributed by atoms with van der Waals surface area (Å²) in [4.78, 5) is 11.4. The van der Waals surface area contributed by atoms with Crippen molar-refractivity contribution in [3.8, 4) is 0 Å². The number of rotatable bonds is 6. The van der Waals surface area contributed by atoms with Crippen molar-refractivity contribution in [2.75, 3.05) is 0 Å². The fourth-order valence-corrected chi connectivity index (χ4v) is 8.59. The molecule has 0 N–H and O–H groups in total. The fraction of sp³-hybridized carbons (Fsp3) is 0.828. The standard InChI is InChI=1S/C29H46O2/c1-19(2)8-7-9-20(3)25-12-13-26-24-11-10-22-18-23(31-21(4)30)14-16-28(22,5)27(24)15-17-29(25,26)6/h10,18-20,24-27H,7-9,11-17H2,1-6H3/t20-,24+,25-,26+,27+,28-,29-/m0/s1. The highest BCUT2D eigenvalue weighted by molar-refractivity contribution is 5.67. The molecule has 0 heterocycles. The van der Waals surface area contributed by atoms with Crippen LogP contribution in [0.4, 0.5) is 0 Å². The highest BCUT2D eigenvalue weighted by Crippen LogP contribution is 2.67. The van der Waals surface area contributed by atoms with Gasteiger partial charge in [-0.05, 0) is 96.5 Å². The first-order valence-electron chi connectivity index (χ1n) is 13.2. The summed E-state index contributed by atoms with van der Waals surface area (Å²) in [7, 11) is 0. The van der Waals surface area contributed by atoms with E-state index in [1.54, 1.807) is 0 Å². The van der Waals surface area contributed by atoms with E-state index in [4.69, 9.17) is 4.74 Å². The second-order valence-electron chi connectivity index (χ2n) is 12.4. The number of hydrogen-bond acceptors (Lipinski definition) is 2. The molecule has 31 heavy (non-hydrogen) atoms. The lowest BCUT2D eigenvalue weighted by Gasteiger charge is -2.57. The highest BCUT2D eigenvalue weighted by atomic mass is 16.5. The summed E-state index contributed by atoms with van der Waals surface area (Å²) < 4.78 is 5.48. The van der Waals surface area contributed by atoms with Crippen molar-refractivity contribution in [2.45, 2.75) is 106 Å². The van der Waals surface area contributed by atoms with Gasteiger partial charge in [0.1, 0.15) is 5.76 Å². The van der Waals surface area contributed by atoms with Crippen LogP contribution in [0.25, 0.3) is 0 Å². The number of esters is 1. The number of carbonyl (C=O) groups is 1. The summed E-state index contributed by atoms with van der Waals surface area (Å²) in [5, 5.41) is 0. The Labute approximate surface area is 191 Å². The number of fused-ring (bicyclic) bond motifs is 5. The van der Waals surface area contributed by atoms with Crippen LogP contribution in [0.15, 0.2) is 23.5 Å². The molecule has 4 aliphatic carbocycles. The predicted octanol–water partition coefficient (Wildman–Crippen LogP) is 8.08. The van der Waals surface area contributed by atoms with Crippen LogP contribution in [0, 0.1) is 46.3 Å². The third kappa shape index (κ3) is 4.18. The molecule has 0 aliphatic heterocycles. The normalized spacial score (nSPS) is 40.4. The molecule has 4 aliphatic rings. The molecule has 7 atom stereocenters. The molecule has 2 saturated carbocycles. The molecule has 0 saturated heterocycles. The van der Waals surface area contributed by atoms with Gasteiger partial charge in [0.05, 0.1) is 0 Å². The van der Waals surface area contributed by atoms with E-state index in [-0.39, 0.29) is 11.4 Å². The van der Waals surface area contributed by atoms with Crippen LogP contribution in [0.3, 0.4) is 0 Å². The summed E-state index contributed by atoms with van der Waals surface area (Å²) in [5.41, 5.74) is 2.28. The van der Waals surface area contributed by atoms with Crippen molar-refractivity contribution in [1.82, 2.24) is 0 Å². The Morgan fingerprint density at radius 3 is 2.58 bits per heavy atom. The lowest BCUT2D eigenvalue weighted by Crippen LogP contribution is -2.49. The molecule has 4 rings (SSSR count). The molecule has 2 heteroatoms. The number of ether oxygens (including phenoxy) is 1. The number of carbonyl (C=O) groups excluding carboxylic acids is 1. The molecule has 0 aromatic carbocycles. The maximum absolute atomic E-state index is 11.4. The van der Waals surface area contributed by atoms with Gasteiger partial charge < -0.3 is 4.74 Å². The molecule has 0 amide bonds. The van der Waals surface area contributed by atoms with Crippen molar-refractivity contribution in [2.24, 2.45) is 46.3 Å². The molecular weight excluding hydrogens is 380 g/mol. The highest BCUT2D eigenvalue weighted by Gasteiger charge is 2.58. The summed E-state index contributed by atoms with van der Waals surface area (Å²) >= 11 is 0. The first-order chi connectivity index (χ1) is 14.6. The molecule has 2 nitrogen and oxygen atoms in total. The lowest BCUT2D eigenvalue weighted by atomic mass is 9.47. The zero-order chi connectivity index (χ0) is 22.4. The van der Waals surface area contributed by atoms with Crippen molar-refractivity contribution in [3.05, 3.63) is 23.5 Å². The van der Waals surface area contributed by atoms with E-state index in [9.17, 15) is 4.79 Å². The second kappa shape index (κ2) is 8.71. The Bertz CT molecular complexity index is 746. The Balaban J connectivity index is 1.50. The van der Waals surface area contributed by atoms with Gasteiger partial charge in [0, 0.05) is 13.3 Å². The molecule has 0 aromatic heterocycles. The maximum Gasteiger partial charge on any atom is 0.307 e. The zero-order valence-corrected chi connectivity index (χ0v) is 21.0. The molecule has 0 aromatic rings. The lowest BCUT2D eigenvalue weighted by molar-refractivity contribution is -0.137. The van der Waals surface area contributed by atoms with Crippen molar-refractivity contribution in [1.29, 1.82) is 0 Å². The van der Waals surface area contributed by atoms with E-state index in [0.717, 1.165) is 54.1 Å². The van der Waals surface area contributed by atoms with Gasteiger partial charge in [0.2, 0.25) is 0 Å². The first-order valence-corrected chi connectivity index (χ1v) is 13.2. The molecule has 0 spiro atoms. The number of allylic oxidation sites excluding steroid dienone is 4. The largest absolute Gasteiger partial charge is 0.431 e. The van der Waals surface area contributed by atoms with Crippen molar-refractivity contribution >= 4 is 5.97 Å². The third-order valence-electron chi connectivity index (χ3n) is 10.2. The summed E-state index contributed by atoms with van der Waals surface area (Å²) in [5.74, 6) is 5.88. The Morgan fingerprint density at radius 2 is 1.87 bits per heavy atom. The van der Waals surface area contributed by atoms with Gasteiger partial charge in [-0.2, -0.15) is 0 Å². The zero-order valence-electron chi connectivity index (χ0n) is 21.0. The van der Waals surface area contributed by atoms with Crippen LogP contribution in [0.5, 0.6) is 0 Å². The minimum atomic E-state index is -0.183.